The zero-order valence-corrected chi connectivity index (χ0v) is 8.61. The molecule has 1 saturated heterocycles. The second-order valence-electron chi connectivity index (χ2n) is 3.49. The van der Waals surface area contributed by atoms with E-state index in [2.05, 4.69) is 15.3 Å². The maximum absolute atomic E-state index is 13.5. The molecule has 86 valence electrons. The Morgan fingerprint density at radius 3 is 3.12 bits per heavy atom. The molecule has 0 spiro atoms. The second kappa shape index (κ2) is 4.30. The van der Waals surface area contributed by atoms with Gasteiger partial charge in [0.1, 0.15) is 0 Å². The van der Waals surface area contributed by atoms with Gasteiger partial charge in [0.05, 0.1) is 6.20 Å². The van der Waals surface area contributed by atoms with Crippen LogP contribution in [0.15, 0.2) is 6.20 Å². The Balaban J connectivity index is 2.22. The number of rotatable bonds is 1. The Kier molecular flexibility index (Phi) is 2.84. The maximum Gasteiger partial charge on any atom is 0.222 e. The van der Waals surface area contributed by atoms with Crippen LogP contribution in [0.25, 0.3) is 0 Å². The van der Waals surface area contributed by atoms with Gasteiger partial charge in [0.25, 0.3) is 0 Å². The van der Waals surface area contributed by atoms with Crippen molar-refractivity contribution < 1.29 is 9.18 Å². The highest BCUT2D eigenvalue weighted by atomic mass is 19.1. The molecule has 0 saturated carbocycles. The Hall–Kier alpha value is -1.92. The number of halogens is 1. The molecule has 0 aliphatic carbocycles. The third-order valence-electron chi connectivity index (χ3n) is 2.36. The Labute approximate surface area is 91.7 Å². The van der Waals surface area contributed by atoms with Crippen LogP contribution in [0.2, 0.25) is 0 Å². The van der Waals surface area contributed by atoms with E-state index in [4.69, 9.17) is 5.73 Å². The minimum absolute atomic E-state index is 0.0277. The summed E-state index contributed by atoms with van der Waals surface area (Å²) in [7, 11) is 0. The standard InChI is InChI=1S/C9H12FN5O/c10-6-5-13-9(11)14-8(6)15-3-1-7(16)12-2-4-15/h5H,1-4H2,(H,12,16)(H2,11,13,14). The number of amides is 1. The smallest absolute Gasteiger partial charge is 0.222 e. The number of hydrogen-bond acceptors (Lipinski definition) is 5. The van der Waals surface area contributed by atoms with Gasteiger partial charge in [0, 0.05) is 26.1 Å². The van der Waals surface area contributed by atoms with E-state index in [0.717, 1.165) is 6.20 Å². The highest BCUT2D eigenvalue weighted by molar-refractivity contribution is 5.77. The summed E-state index contributed by atoms with van der Waals surface area (Å²) in [6, 6.07) is 0. The first-order valence-electron chi connectivity index (χ1n) is 4.96. The highest BCUT2D eigenvalue weighted by Crippen LogP contribution is 2.16. The van der Waals surface area contributed by atoms with E-state index >= 15 is 0 Å². The van der Waals surface area contributed by atoms with Crippen molar-refractivity contribution in [3.05, 3.63) is 12.0 Å². The molecule has 7 heteroatoms. The molecule has 2 heterocycles. The fraction of sp³-hybridized carbons (Fsp3) is 0.444. The van der Waals surface area contributed by atoms with Gasteiger partial charge in [-0.05, 0) is 0 Å². The van der Waals surface area contributed by atoms with E-state index in [1.807, 2.05) is 0 Å². The Bertz CT molecular complexity index is 411. The number of nitrogen functional groups attached to an aromatic ring is 1. The van der Waals surface area contributed by atoms with Crippen molar-refractivity contribution in [1.29, 1.82) is 0 Å². The van der Waals surface area contributed by atoms with Crippen LogP contribution in [0.3, 0.4) is 0 Å². The van der Waals surface area contributed by atoms with Gasteiger partial charge in [-0.1, -0.05) is 0 Å². The first-order valence-corrected chi connectivity index (χ1v) is 4.96. The number of nitrogens with zero attached hydrogens (tertiary/aromatic N) is 3. The second-order valence-corrected chi connectivity index (χ2v) is 3.49. The number of hydrogen-bond donors (Lipinski definition) is 2. The lowest BCUT2D eigenvalue weighted by Gasteiger charge is -2.20. The number of nitrogens with two attached hydrogens (primary N) is 1. The third-order valence-corrected chi connectivity index (χ3v) is 2.36. The van der Waals surface area contributed by atoms with Crippen LogP contribution in [0.4, 0.5) is 16.2 Å². The summed E-state index contributed by atoms with van der Waals surface area (Å²) in [6.45, 7) is 1.42. The fourth-order valence-corrected chi connectivity index (χ4v) is 1.57. The van der Waals surface area contributed by atoms with Crippen LogP contribution in [-0.2, 0) is 4.79 Å². The van der Waals surface area contributed by atoms with Crippen LogP contribution in [0.5, 0.6) is 0 Å². The van der Waals surface area contributed by atoms with Gasteiger partial charge >= 0.3 is 0 Å². The molecule has 3 N–H and O–H groups in total. The summed E-state index contributed by atoms with van der Waals surface area (Å²) in [5.41, 5.74) is 5.40. The molecule has 6 nitrogen and oxygen atoms in total. The summed E-state index contributed by atoms with van der Waals surface area (Å²) in [5.74, 6) is -0.377. The minimum atomic E-state index is -0.524. The average molecular weight is 225 g/mol. The number of nitrogens with one attached hydrogen (secondary N) is 1. The highest BCUT2D eigenvalue weighted by Gasteiger charge is 2.18. The first-order chi connectivity index (χ1) is 7.66. The lowest BCUT2D eigenvalue weighted by molar-refractivity contribution is -0.120. The summed E-state index contributed by atoms with van der Waals surface area (Å²) in [5, 5.41) is 2.70. The predicted octanol–water partition coefficient (Wildman–Crippen LogP) is -0.476. The SMILES string of the molecule is Nc1ncc(F)c(N2CCNC(=O)CC2)n1. The molecular formula is C9H12FN5O. The van der Waals surface area contributed by atoms with E-state index in [1.165, 1.54) is 0 Å². The van der Waals surface area contributed by atoms with Crippen molar-refractivity contribution in [1.82, 2.24) is 15.3 Å². The monoisotopic (exact) mass is 225 g/mol. The number of carbonyl (C=O) groups is 1. The van der Waals surface area contributed by atoms with Gasteiger partial charge in [-0.25, -0.2) is 9.37 Å². The summed E-state index contributed by atoms with van der Waals surface area (Å²) in [4.78, 5) is 20.2. The molecule has 0 radical (unpaired) electrons. The zero-order chi connectivity index (χ0) is 11.5. The van der Waals surface area contributed by atoms with Gasteiger partial charge in [-0.2, -0.15) is 4.98 Å². The van der Waals surface area contributed by atoms with Crippen LogP contribution >= 0.6 is 0 Å². The summed E-state index contributed by atoms with van der Waals surface area (Å²) < 4.78 is 13.5. The molecule has 0 bridgehead atoms. The lowest BCUT2D eigenvalue weighted by Crippen LogP contribution is -2.30. The van der Waals surface area contributed by atoms with Crippen LogP contribution in [0.1, 0.15) is 6.42 Å². The van der Waals surface area contributed by atoms with Crippen molar-refractivity contribution in [3.8, 4) is 0 Å². The lowest BCUT2D eigenvalue weighted by atomic mass is 10.3. The van der Waals surface area contributed by atoms with Crippen LogP contribution in [0, 0.1) is 5.82 Å². The Morgan fingerprint density at radius 1 is 1.50 bits per heavy atom. The molecule has 0 aromatic carbocycles. The zero-order valence-electron chi connectivity index (χ0n) is 8.61. The van der Waals surface area contributed by atoms with Crippen molar-refractivity contribution in [2.75, 3.05) is 30.3 Å². The number of carbonyl (C=O) groups excluding carboxylic acids is 1. The topological polar surface area (TPSA) is 84.1 Å². The molecule has 1 aliphatic heterocycles. The molecular weight excluding hydrogens is 213 g/mol. The fourth-order valence-electron chi connectivity index (χ4n) is 1.57. The van der Waals surface area contributed by atoms with Gasteiger partial charge in [0.2, 0.25) is 11.9 Å². The number of anilines is 2. The third kappa shape index (κ3) is 2.18. The summed E-state index contributed by atoms with van der Waals surface area (Å²) in [6.07, 6.45) is 1.36. The molecule has 1 fully saturated rings. The van der Waals surface area contributed by atoms with Crippen molar-refractivity contribution >= 4 is 17.7 Å². The van der Waals surface area contributed by atoms with Crippen molar-refractivity contribution in [3.63, 3.8) is 0 Å². The summed E-state index contributed by atoms with van der Waals surface area (Å²) >= 11 is 0. The predicted molar refractivity (Wildman–Crippen MR) is 56.2 cm³/mol. The van der Waals surface area contributed by atoms with E-state index in [1.54, 1.807) is 4.90 Å². The molecule has 1 amide bonds. The van der Waals surface area contributed by atoms with Gasteiger partial charge in [0.15, 0.2) is 11.6 Å². The molecule has 1 aromatic heterocycles. The maximum atomic E-state index is 13.5. The molecule has 2 rings (SSSR count). The van der Waals surface area contributed by atoms with Gasteiger partial charge in [-0.15, -0.1) is 0 Å². The van der Waals surface area contributed by atoms with Crippen molar-refractivity contribution in [2.24, 2.45) is 0 Å². The molecule has 0 atom stereocenters. The van der Waals surface area contributed by atoms with Crippen LogP contribution < -0.4 is 16.0 Å². The average Bonchev–Trinajstić information content (AvgIpc) is 2.47. The molecule has 1 aliphatic rings. The largest absolute Gasteiger partial charge is 0.368 e. The van der Waals surface area contributed by atoms with E-state index in [9.17, 15) is 9.18 Å². The van der Waals surface area contributed by atoms with Crippen LogP contribution in [-0.4, -0.2) is 35.5 Å². The van der Waals surface area contributed by atoms with E-state index in [-0.39, 0.29) is 17.7 Å². The minimum Gasteiger partial charge on any atom is -0.368 e. The molecule has 0 unspecified atom stereocenters. The molecule has 1 aromatic rings. The normalized spacial score (nSPS) is 16.8. The van der Waals surface area contributed by atoms with Crippen molar-refractivity contribution in [2.45, 2.75) is 6.42 Å². The first kappa shape index (κ1) is 10.6. The molecule has 16 heavy (non-hydrogen) atoms. The van der Waals surface area contributed by atoms with E-state index in [0.29, 0.717) is 26.1 Å². The van der Waals surface area contributed by atoms with E-state index < -0.39 is 5.82 Å². The quantitative estimate of drug-likeness (QED) is 0.674. The van der Waals surface area contributed by atoms with Gasteiger partial charge < -0.3 is 16.0 Å². The number of aromatic nitrogens is 2. The Morgan fingerprint density at radius 2 is 2.31 bits per heavy atom. The van der Waals surface area contributed by atoms with Gasteiger partial charge in [-0.3, -0.25) is 4.79 Å².